The summed E-state index contributed by atoms with van der Waals surface area (Å²) in [5, 5.41) is 1.32. The molecule has 8 heteroatoms. The first kappa shape index (κ1) is 18.9. The van der Waals surface area contributed by atoms with Gasteiger partial charge in [-0.15, -0.1) is 0 Å². The normalized spacial score (nSPS) is 10.9. The number of nitrogens with zero attached hydrogens (tertiary/aromatic N) is 2. The number of aromatic nitrogens is 2. The van der Waals surface area contributed by atoms with Gasteiger partial charge in [0.15, 0.2) is 0 Å². The number of rotatable bonds is 6. The molecular formula is C21H16N2O5S. The van der Waals surface area contributed by atoms with E-state index in [0.29, 0.717) is 27.3 Å². The van der Waals surface area contributed by atoms with Crippen LogP contribution in [0, 0.1) is 0 Å². The van der Waals surface area contributed by atoms with Crippen molar-refractivity contribution >= 4 is 39.7 Å². The summed E-state index contributed by atoms with van der Waals surface area (Å²) in [4.78, 5) is 32.7. The zero-order valence-corrected chi connectivity index (χ0v) is 16.3. The van der Waals surface area contributed by atoms with Crippen LogP contribution in [0.25, 0.3) is 22.0 Å². The van der Waals surface area contributed by atoms with Crippen LogP contribution in [0.4, 0.5) is 0 Å². The number of methoxy groups -OCH3 is 1. The van der Waals surface area contributed by atoms with Gasteiger partial charge in [0.05, 0.1) is 30.1 Å². The lowest BCUT2D eigenvalue weighted by Gasteiger charge is -2.08. The van der Waals surface area contributed by atoms with Crippen LogP contribution >= 0.6 is 11.8 Å². The number of carbonyl (C=O) groups is 1. The second-order valence-corrected chi connectivity index (χ2v) is 7.09. The Morgan fingerprint density at radius 1 is 1.14 bits per heavy atom. The van der Waals surface area contributed by atoms with Gasteiger partial charge in [-0.2, -0.15) is 0 Å². The van der Waals surface area contributed by atoms with Gasteiger partial charge >= 0.3 is 11.6 Å². The van der Waals surface area contributed by atoms with Gasteiger partial charge in [-0.3, -0.25) is 9.78 Å². The third-order valence-electron chi connectivity index (χ3n) is 4.19. The van der Waals surface area contributed by atoms with Crippen molar-refractivity contribution in [2.75, 3.05) is 12.9 Å². The lowest BCUT2D eigenvalue weighted by molar-refractivity contribution is -0.141. The molecule has 29 heavy (non-hydrogen) atoms. The second kappa shape index (κ2) is 8.32. The van der Waals surface area contributed by atoms with Gasteiger partial charge in [0.25, 0.3) is 0 Å². The molecule has 0 saturated heterocycles. The van der Waals surface area contributed by atoms with Crippen molar-refractivity contribution in [3.05, 3.63) is 70.7 Å². The van der Waals surface area contributed by atoms with E-state index in [1.54, 1.807) is 24.4 Å². The van der Waals surface area contributed by atoms with E-state index in [4.69, 9.17) is 13.9 Å². The van der Waals surface area contributed by atoms with E-state index in [1.165, 1.54) is 24.9 Å². The quantitative estimate of drug-likeness (QED) is 0.272. The summed E-state index contributed by atoms with van der Waals surface area (Å²) in [5.74, 6) is 0.239. The van der Waals surface area contributed by atoms with Gasteiger partial charge in [-0.25, -0.2) is 9.78 Å². The highest BCUT2D eigenvalue weighted by molar-refractivity contribution is 7.99. The van der Waals surface area contributed by atoms with E-state index >= 15 is 0 Å². The van der Waals surface area contributed by atoms with Crippen molar-refractivity contribution in [2.24, 2.45) is 0 Å². The van der Waals surface area contributed by atoms with Crippen LogP contribution in [0.5, 0.6) is 5.75 Å². The molecule has 4 rings (SSSR count). The number of esters is 1. The molecule has 0 saturated carbocycles. The number of hydrogen-bond acceptors (Lipinski definition) is 8. The van der Waals surface area contributed by atoms with Crippen LogP contribution in [-0.2, 0) is 16.1 Å². The SMILES string of the molecule is COc1ccc2c(COC(=O)CSc3cnc4ccccc4n3)cc(=O)oc2c1. The lowest BCUT2D eigenvalue weighted by Crippen LogP contribution is -2.09. The number of thioether (sulfide) groups is 1. The molecule has 2 heterocycles. The predicted octanol–water partition coefficient (Wildman–Crippen LogP) is 3.58. The Kier molecular flexibility index (Phi) is 5.44. The highest BCUT2D eigenvalue weighted by atomic mass is 32.2. The van der Waals surface area contributed by atoms with E-state index in [2.05, 4.69) is 9.97 Å². The monoisotopic (exact) mass is 408 g/mol. The Bertz CT molecular complexity index is 1250. The molecule has 2 aromatic carbocycles. The van der Waals surface area contributed by atoms with Crippen molar-refractivity contribution in [1.82, 2.24) is 9.97 Å². The molecule has 146 valence electrons. The molecule has 0 unspecified atom stereocenters. The topological polar surface area (TPSA) is 91.5 Å². The van der Waals surface area contributed by atoms with Crippen molar-refractivity contribution in [3.63, 3.8) is 0 Å². The fraction of sp³-hybridized carbons (Fsp3) is 0.143. The smallest absolute Gasteiger partial charge is 0.336 e. The number of hydrogen-bond donors (Lipinski definition) is 0. The summed E-state index contributed by atoms with van der Waals surface area (Å²) >= 11 is 1.25. The van der Waals surface area contributed by atoms with E-state index in [1.807, 2.05) is 24.3 Å². The summed E-state index contributed by atoms with van der Waals surface area (Å²) in [6.45, 7) is -0.0305. The zero-order valence-electron chi connectivity index (χ0n) is 15.5. The standard InChI is InChI=1S/C21H16N2O5S/c1-26-14-6-7-15-13(8-20(24)28-18(15)9-14)11-27-21(25)12-29-19-10-22-16-4-2-3-5-17(16)23-19/h2-10H,11-12H2,1H3. The van der Waals surface area contributed by atoms with E-state index in [0.717, 1.165) is 11.0 Å². The molecule has 0 atom stereocenters. The molecule has 4 aromatic rings. The third-order valence-corrected chi connectivity index (χ3v) is 5.06. The largest absolute Gasteiger partial charge is 0.497 e. The molecule has 0 N–H and O–H groups in total. The molecule has 0 aliphatic rings. The minimum absolute atomic E-state index is 0.0305. The van der Waals surface area contributed by atoms with Crippen LogP contribution < -0.4 is 10.4 Å². The summed E-state index contributed by atoms with van der Waals surface area (Å²) < 4.78 is 15.7. The first-order valence-corrected chi connectivity index (χ1v) is 9.72. The van der Waals surface area contributed by atoms with Crippen LogP contribution in [0.3, 0.4) is 0 Å². The number of para-hydroxylation sites is 2. The minimum atomic E-state index is -0.516. The lowest BCUT2D eigenvalue weighted by atomic mass is 10.1. The maximum Gasteiger partial charge on any atom is 0.336 e. The summed E-state index contributed by atoms with van der Waals surface area (Å²) in [5.41, 5.74) is 2.00. The first-order chi connectivity index (χ1) is 14.1. The zero-order chi connectivity index (χ0) is 20.2. The number of benzene rings is 2. The number of fused-ring (bicyclic) bond motifs is 2. The first-order valence-electron chi connectivity index (χ1n) is 8.73. The van der Waals surface area contributed by atoms with Crippen molar-refractivity contribution in [3.8, 4) is 5.75 Å². The Morgan fingerprint density at radius 3 is 2.79 bits per heavy atom. The molecule has 7 nitrogen and oxygen atoms in total. The molecule has 0 aliphatic heterocycles. The molecule has 0 fully saturated rings. The maximum atomic E-state index is 12.2. The average Bonchev–Trinajstić information content (AvgIpc) is 2.75. The predicted molar refractivity (Wildman–Crippen MR) is 109 cm³/mol. The van der Waals surface area contributed by atoms with Crippen LogP contribution in [-0.4, -0.2) is 28.8 Å². The minimum Gasteiger partial charge on any atom is -0.497 e. The van der Waals surface area contributed by atoms with Gasteiger partial charge in [-0.1, -0.05) is 23.9 Å². The molecule has 0 radical (unpaired) electrons. The highest BCUT2D eigenvalue weighted by Gasteiger charge is 2.11. The molecule has 0 amide bonds. The average molecular weight is 408 g/mol. The fourth-order valence-corrected chi connectivity index (χ4v) is 3.44. The molecule has 0 aliphatic carbocycles. The Hall–Kier alpha value is -3.39. The van der Waals surface area contributed by atoms with Gasteiger partial charge in [0.2, 0.25) is 0 Å². The summed E-state index contributed by atoms with van der Waals surface area (Å²) in [7, 11) is 1.53. The second-order valence-electron chi connectivity index (χ2n) is 6.10. The highest BCUT2D eigenvalue weighted by Crippen LogP contribution is 2.23. The van der Waals surface area contributed by atoms with E-state index in [9.17, 15) is 9.59 Å². The Labute approximate surface area is 169 Å². The maximum absolute atomic E-state index is 12.2. The number of carbonyl (C=O) groups excluding carboxylic acids is 1. The summed E-state index contributed by atoms with van der Waals surface area (Å²) in [6, 6.07) is 14.0. The van der Waals surface area contributed by atoms with Crippen LogP contribution in [0.1, 0.15) is 5.56 Å². The molecule has 0 bridgehead atoms. The molecule has 2 aromatic heterocycles. The van der Waals surface area contributed by atoms with Crippen molar-refractivity contribution < 1.29 is 18.7 Å². The van der Waals surface area contributed by atoms with Crippen LogP contribution in [0.2, 0.25) is 0 Å². The molecular weight excluding hydrogens is 392 g/mol. The van der Waals surface area contributed by atoms with Gasteiger partial charge < -0.3 is 13.9 Å². The van der Waals surface area contributed by atoms with Crippen molar-refractivity contribution in [1.29, 1.82) is 0 Å². The van der Waals surface area contributed by atoms with Gasteiger partial charge in [0.1, 0.15) is 23.0 Å². The van der Waals surface area contributed by atoms with Crippen LogP contribution in [0.15, 0.2) is 69.0 Å². The third kappa shape index (κ3) is 4.38. The van der Waals surface area contributed by atoms with Gasteiger partial charge in [-0.05, 0) is 24.3 Å². The number of ether oxygens (including phenoxy) is 2. The van der Waals surface area contributed by atoms with E-state index < -0.39 is 11.6 Å². The fourth-order valence-electron chi connectivity index (χ4n) is 2.80. The van der Waals surface area contributed by atoms with E-state index in [-0.39, 0.29) is 12.4 Å². The Balaban J connectivity index is 1.42. The summed E-state index contributed by atoms with van der Waals surface area (Å²) in [6.07, 6.45) is 1.63. The Morgan fingerprint density at radius 2 is 1.97 bits per heavy atom. The van der Waals surface area contributed by atoms with Crippen molar-refractivity contribution in [2.45, 2.75) is 11.6 Å². The molecule has 0 spiro atoms. The van der Waals surface area contributed by atoms with Gasteiger partial charge in [0, 0.05) is 23.1 Å².